The van der Waals surface area contributed by atoms with Crippen molar-refractivity contribution in [1.29, 1.82) is 0 Å². The van der Waals surface area contributed by atoms with Gasteiger partial charge in [0.05, 0.1) is 28.8 Å². The Morgan fingerprint density at radius 3 is 2.58 bits per heavy atom. The summed E-state index contributed by atoms with van der Waals surface area (Å²) in [5, 5.41) is 3.08. The zero-order chi connectivity index (χ0) is 22.8. The lowest BCUT2D eigenvalue weighted by Gasteiger charge is -2.17. The zero-order valence-corrected chi connectivity index (χ0v) is 18.4. The predicted molar refractivity (Wildman–Crippen MR) is 130 cm³/mol. The fraction of sp³-hybridized carbons (Fsp3) is 0.185. The number of benzene rings is 3. The van der Waals surface area contributed by atoms with Crippen molar-refractivity contribution in [2.75, 3.05) is 16.8 Å². The van der Waals surface area contributed by atoms with Gasteiger partial charge >= 0.3 is 0 Å². The van der Waals surface area contributed by atoms with Crippen LogP contribution < -0.4 is 10.2 Å². The van der Waals surface area contributed by atoms with E-state index < -0.39 is 5.92 Å². The highest BCUT2D eigenvalue weighted by Gasteiger charge is 2.35. The fourth-order valence-electron chi connectivity index (χ4n) is 4.23. The third-order valence-electron chi connectivity index (χ3n) is 6.06. The number of para-hydroxylation sites is 3. The second-order valence-corrected chi connectivity index (χ2v) is 8.20. The van der Waals surface area contributed by atoms with Gasteiger partial charge in [0, 0.05) is 29.9 Å². The molecule has 0 aliphatic carbocycles. The Morgan fingerprint density at radius 1 is 1.03 bits per heavy atom. The second kappa shape index (κ2) is 8.82. The lowest BCUT2D eigenvalue weighted by Crippen LogP contribution is -2.28. The van der Waals surface area contributed by atoms with Crippen molar-refractivity contribution in [2.24, 2.45) is 5.92 Å². The van der Waals surface area contributed by atoms with Gasteiger partial charge in [-0.15, -0.1) is 0 Å². The minimum absolute atomic E-state index is 0.0303. The van der Waals surface area contributed by atoms with Gasteiger partial charge in [-0.3, -0.25) is 14.6 Å². The van der Waals surface area contributed by atoms with Crippen molar-refractivity contribution >= 4 is 34.2 Å². The average molecular weight is 437 g/mol. The number of aryl methyl sites for hydroxylation is 1. The van der Waals surface area contributed by atoms with Gasteiger partial charge in [0.15, 0.2) is 0 Å². The first-order valence-corrected chi connectivity index (χ1v) is 11.1. The lowest BCUT2D eigenvalue weighted by atomic mass is 10.0. The van der Waals surface area contributed by atoms with E-state index in [4.69, 9.17) is 4.98 Å². The number of hydrogen-bond acceptors (Lipinski definition) is 4. The molecule has 5 rings (SSSR count). The van der Waals surface area contributed by atoms with Crippen LogP contribution in [0.25, 0.3) is 22.3 Å². The molecule has 0 radical (unpaired) electrons. The first kappa shape index (κ1) is 20.8. The Hall–Kier alpha value is -4.06. The molecule has 1 fully saturated rings. The van der Waals surface area contributed by atoms with E-state index in [1.54, 1.807) is 11.1 Å². The van der Waals surface area contributed by atoms with Crippen LogP contribution in [0.5, 0.6) is 0 Å². The molecule has 0 bridgehead atoms. The molecule has 2 amide bonds. The molecule has 0 spiro atoms. The summed E-state index contributed by atoms with van der Waals surface area (Å²) in [6, 6.07) is 23.2. The third-order valence-corrected chi connectivity index (χ3v) is 6.06. The van der Waals surface area contributed by atoms with Crippen molar-refractivity contribution in [1.82, 2.24) is 9.97 Å². The normalized spacial score (nSPS) is 15.7. The smallest absolute Gasteiger partial charge is 0.229 e. The van der Waals surface area contributed by atoms with E-state index in [-0.39, 0.29) is 18.2 Å². The van der Waals surface area contributed by atoms with Crippen LogP contribution in [-0.2, 0) is 16.0 Å². The topological polar surface area (TPSA) is 75.2 Å². The largest absolute Gasteiger partial charge is 0.326 e. The van der Waals surface area contributed by atoms with Gasteiger partial charge in [-0.25, -0.2) is 4.98 Å². The molecule has 1 aliphatic rings. The number of nitrogens with zero attached hydrogens (tertiary/aromatic N) is 3. The van der Waals surface area contributed by atoms with Crippen LogP contribution >= 0.6 is 0 Å². The Morgan fingerprint density at radius 2 is 1.79 bits per heavy atom. The summed E-state index contributed by atoms with van der Waals surface area (Å²) in [4.78, 5) is 36.6. The maximum atomic E-state index is 13.1. The zero-order valence-electron chi connectivity index (χ0n) is 18.4. The molecule has 1 N–H and O–H groups in total. The molecule has 164 valence electrons. The highest BCUT2D eigenvalue weighted by Crippen LogP contribution is 2.29. The molecule has 6 heteroatoms. The van der Waals surface area contributed by atoms with E-state index in [1.165, 1.54) is 0 Å². The maximum Gasteiger partial charge on any atom is 0.229 e. The van der Waals surface area contributed by atoms with Gasteiger partial charge < -0.3 is 10.2 Å². The van der Waals surface area contributed by atoms with Crippen molar-refractivity contribution in [3.05, 3.63) is 84.6 Å². The number of aromatic nitrogens is 2. The summed E-state index contributed by atoms with van der Waals surface area (Å²) in [7, 11) is 0. The van der Waals surface area contributed by atoms with E-state index in [2.05, 4.69) is 17.2 Å². The lowest BCUT2D eigenvalue weighted by molar-refractivity contribution is -0.122. The number of fused-ring (bicyclic) bond motifs is 1. The van der Waals surface area contributed by atoms with Crippen LogP contribution in [-0.4, -0.2) is 28.3 Å². The monoisotopic (exact) mass is 436 g/mol. The summed E-state index contributed by atoms with van der Waals surface area (Å²) in [6.45, 7) is 2.43. The second-order valence-electron chi connectivity index (χ2n) is 8.20. The van der Waals surface area contributed by atoms with Crippen molar-refractivity contribution in [2.45, 2.75) is 19.8 Å². The Kier molecular flexibility index (Phi) is 5.57. The van der Waals surface area contributed by atoms with E-state index in [0.717, 1.165) is 45.6 Å². The fourth-order valence-corrected chi connectivity index (χ4v) is 4.23. The molecule has 2 heterocycles. The van der Waals surface area contributed by atoms with E-state index >= 15 is 0 Å². The molecule has 6 nitrogen and oxygen atoms in total. The molecule has 0 saturated carbocycles. The van der Waals surface area contributed by atoms with Gasteiger partial charge in [0.25, 0.3) is 0 Å². The van der Waals surface area contributed by atoms with Crippen LogP contribution in [0.4, 0.5) is 11.4 Å². The highest BCUT2D eigenvalue weighted by atomic mass is 16.2. The Bertz CT molecular complexity index is 1340. The molecule has 1 saturated heterocycles. The average Bonchev–Trinajstić information content (AvgIpc) is 3.26. The van der Waals surface area contributed by atoms with Crippen LogP contribution in [0.15, 0.2) is 79.0 Å². The highest BCUT2D eigenvalue weighted by molar-refractivity contribution is 6.04. The molecule has 33 heavy (non-hydrogen) atoms. The number of hydrogen-bond donors (Lipinski definition) is 1. The molecule has 4 aromatic rings. The number of carbonyl (C=O) groups excluding carboxylic acids is 2. The Balaban J connectivity index is 1.38. The molecular weight excluding hydrogens is 412 g/mol. The summed E-state index contributed by atoms with van der Waals surface area (Å²) in [5.41, 5.74) is 5.90. The van der Waals surface area contributed by atoms with Crippen LogP contribution in [0, 0.1) is 5.92 Å². The maximum absolute atomic E-state index is 13.1. The van der Waals surface area contributed by atoms with Gasteiger partial charge in [-0.2, -0.15) is 0 Å². The van der Waals surface area contributed by atoms with Gasteiger partial charge in [0.1, 0.15) is 0 Å². The molecule has 1 aromatic heterocycles. The third kappa shape index (κ3) is 4.20. The van der Waals surface area contributed by atoms with Crippen LogP contribution in [0.2, 0.25) is 0 Å². The minimum Gasteiger partial charge on any atom is -0.326 e. The van der Waals surface area contributed by atoms with E-state index in [1.807, 2.05) is 72.8 Å². The Labute approximate surface area is 192 Å². The van der Waals surface area contributed by atoms with Gasteiger partial charge in [-0.1, -0.05) is 49.4 Å². The van der Waals surface area contributed by atoms with Crippen molar-refractivity contribution < 1.29 is 9.59 Å². The molecule has 0 unspecified atom stereocenters. The number of carbonyl (C=O) groups is 2. The van der Waals surface area contributed by atoms with Crippen LogP contribution in [0.3, 0.4) is 0 Å². The molecule has 1 atom stereocenters. The minimum atomic E-state index is -0.397. The van der Waals surface area contributed by atoms with E-state index in [9.17, 15) is 9.59 Å². The molecule has 1 aliphatic heterocycles. The number of rotatable bonds is 5. The van der Waals surface area contributed by atoms with Gasteiger partial charge in [0.2, 0.25) is 11.8 Å². The summed E-state index contributed by atoms with van der Waals surface area (Å²) >= 11 is 0. The summed E-state index contributed by atoms with van der Waals surface area (Å²) < 4.78 is 0. The standard InChI is InChI=1S/C27H24N4O2/c1-2-18-12-13-19(25-16-28-22-10-6-7-11-23(22)29-25)14-24(18)30-27(33)20-15-26(32)31(17-20)21-8-4-3-5-9-21/h3-14,16,20H,2,15,17H2,1H3,(H,30,33)/t20-/m0/s1. The number of amides is 2. The van der Waals surface area contributed by atoms with Gasteiger partial charge in [-0.05, 0) is 42.3 Å². The first-order valence-electron chi connectivity index (χ1n) is 11.1. The predicted octanol–water partition coefficient (Wildman–Crippen LogP) is 4.85. The number of anilines is 2. The summed E-state index contributed by atoms with van der Waals surface area (Å²) in [6.07, 6.45) is 2.74. The molecule has 3 aromatic carbocycles. The summed E-state index contributed by atoms with van der Waals surface area (Å²) in [5.74, 6) is -0.568. The quantitative estimate of drug-likeness (QED) is 0.485. The van der Waals surface area contributed by atoms with Crippen LogP contribution in [0.1, 0.15) is 18.9 Å². The van der Waals surface area contributed by atoms with Crippen molar-refractivity contribution in [3.8, 4) is 11.3 Å². The molecular formula is C27H24N4O2. The first-order chi connectivity index (χ1) is 16.1. The van der Waals surface area contributed by atoms with Crippen molar-refractivity contribution in [3.63, 3.8) is 0 Å². The van der Waals surface area contributed by atoms with E-state index in [0.29, 0.717) is 6.54 Å². The SMILES string of the molecule is CCc1ccc(-c2cnc3ccccc3n2)cc1NC(=O)[C@H]1CC(=O)N(c2ccccc2)C1. The number of nitrogens with one attached hydrogen (secondary N) is 1.